The fourth-order valence-electron chi connectivity index (χ4n) is 3.62. The van der Waals surface area contributed by atoms with Gasteiger partial charge in [0.25, 0.3) is 0 Å². The van der Waals surface area contributed by atoms with E-state index in [2.05, 4.69) is 4.90 Å². The highest BCUT2D eigenvalue weighted by atomic mass is 16.5. The number of fused-ring (bicyclic) bond motifs is 3. The summed E-state index contributed by atoms with van der Waals surface area (Å²) < 4.78 is 22.0. The lowest BCUT2D eigenvalue weighted by Gasteiger charge is -2.26. The van der Waals surface area contributed by atoms with E-state index in [-0.39, 0.29) is 12.4 Å². The van der Waals surface area contributed by atoms with Gasteiger partial charge < -0.3 is 18.6 Å². The molecular weight excluding hydrogens is 358 g/mol. The lowest BCUT2D eigenvalue weighted by molar-refractivity contribution is -0.142. The summed E-state index contributed by atoms with van der Waals surface area (Å²) in [6.07, 6.45) is 1.85. The van der Waals surface area contributed by atoms with Gasteiger partial charge >= 0.3 is 5.97 Å². The first-order valence-electron chi connectivity index (χ1n) is 9.76. The van der Waals surface area contributed by atoms with Gasteiger partial charge in [-0.3, -0.25) is 9.69 Å². The minimum atomic E-state index is -0.245. The zero-order chi connectivity index (χ0) is 19.3. The van der Waals surface area contributed by atoms with Crippen molar-refractivity contribution in [2.75, 3.05) is 46.1 Å². The summed E-state index contributed by atoms with van der Waals surface area (Å²) in [5.41, 5.74) is 1.62. The van der Waals surface area contributed by atoms with Crippen molar-refractivity contribution >= 4 is 27.7 Å². The predicted molar refractivity (Wildman–Crippen MR) is 107 cm³/mol. The maximum Gasteiger partial charge on any atom is 0.310 e. The molecule has 0 bridgehead atoms. The van der Waals surface area contributed by atoms with Gasteiger partial charge in [0.2, 0.25) is 0 Å². The Kier molecular flexibility index (Phi) is 5.78. The molecule has 0 aliphatic carbocycles. The Labute approximate surface area is 163 Å². The molecule has 4 rings (SSSR count). The van der Waals surface area contributed by atoms with Gasteiger partial charge in [0.1, 0.15) is 17.9 Å². The molecule has 6 heteroatoms. The first kappa shape index (κ1) is 18.8. The molecule has 0 atom stereocenters. The molecule has 0 spiro atoms. The van der Waals surface area contributed by atoms with Gasteiger partial charge in [-0.25, -0.2) is 0 Å². The molecule has 1 aliphatic heterocycles. The molecule has 0 saturated carbocycles. The van der Waals surface area contributed by atoms with Crippen LogP contribution in [0.1, 0.15) is 12.5 Å². The lowest BCUT2D eigenvalue weighted by Crippen LogP contribution is -2.38. The van der Waals surface area contributed by atoms with E-state index in [0.717, 1.165) is 65.9 Å². The molecule has 0 radical (unpaired) electrons. The third-order valence-electron chi connectivity index (χ3n) is 5.02. The van der Waals surface area contributed by atoms with Gasteiger partial charge in [-0.05, 0) is 42.0 Å². The smallest absolute Gasteiger partial charge is 0.310 e. The quantitative estimate of drug-likeness (QED) is 0.583. The number of morpholine rings is 1. The maximum atomic E-state index is 11.9. The van der Waals surface area contributed by atoms with Crippen LogP contribution in [0, 0.1) is 0 Å². The average Bonchev–Trinajstić information content (AvgIpc) is 3.12. The Bertz CT molecular complexity index is 958. The zero-order valence-corrected chi connectivity index (χ0v) is 16.1. The Balaban J connectivity index is 1.51. The molecule has 1 aromatic heterocycles. The van der Waals surface area contributed by atoms with E-state index in [1.807, 2.05) is 30.3 Å². The van der Waals surface area contributed by atoms with E-state index >= 15 is 0 Å². The van der Waals surface area contributed by atoms with Gasteiger partial charge in [0.05, 0.1) is 32.5 Å². The third-order valence-corrected chi connectivity index (χ3v) is 5.02. The molecule has 6 nitrogen and oxygen atoms in total. The van der Waals surface area contributed by atoms with Crippen molar-refractivity contribution in [3.63, 3.8) is 0 Å². The van der Waals surface area contributed by atoms with Crippen LogP contribution in [-0.4, -0.2) is 56.9 Å². The average molecular weight is 383 g/mol. The van der Waals surface area contributed by atoms with Crippen molar-refractivity contribution in [1.82, 2.24) is 4.90 Å². The van der Waals surface area contributed by atoms with Crippen LogP contribution in [0.25, 0.3) is 21.7 Å². The molecule has 2 heterocycles. The zero-order valence-electron chi connectivity index (χ0n) is 16.1. The first-order valence-corrected chi connectivity index (χ1v) is 9.76. The molecule has 1 fully saturated rings. The number of nitrogens with zero attached hydrogens (tertiary/aromatic N) is 1. The molecule has 0 unspecified atom stereocenters. The highest BCUT2D eigenvalue weighted by molar-refractivity contribution is 6.08. The number of carbonyl (C=O) groups is 1. The second-order valence-electron chi connectivity index (χ2n) is 6.87. The molecule has 3 aromatic rings. The van der Waals surface area contributed by atoms with Crippen molar-refractivity contribution in [2.24, 2.45) is 0 Å². The second kappa shape index (κ2) is 8.63. The molecular formula is C22H25NO5. The van der Waals surface area contributed by atoms with Gasteiger partial charge in [0.15, 0.2) is 0 Å². The normalized spacial score (nSPS) is 15.2. The summed E-state index contributed by atoms with van der Waals surface area (Å²) in [5, 5.41) is 3.07. The van der Waals surface area contributed by atoms with Crippen LogP contribution in [0.15, 0.2) is 41.0 Å². The third kappa shape index (κ3) is 4.13. The fourth-order valence-corrected chi connectivity index (χ4v) is 3.62. The Morgan fingerprint density at radius 3 is 2.86 bits per heavy atom. The van der Waals surface area contributed by atoms with Crippen molar-refractivity contribution in [3.8, 4) is 5.75 Å². The summed E-state index contributed by atoms with van der Waals surface area (Å²) in [5.74, 6) is 0.598. The summed E-state index contributed by atoms with van der Waals surface area (Å²) in [4.78, 5) is 14.2. The number of hydrogen-bond acceptors (Lipinski definition) is 6. The Morgan fingerprint density at radius 2 is 2.04 bits per heavy atom. The van der Waals surface area contributed by atoms with Crippen molar-refractivity contribution in [2.45, 2.75) is 13.3 Å². The van der Waals surface area contributed by atoms with Crippen molar-refractivity contribution in [1.29, 1.82) is 0 Å². The predicted octanol–water partition coefficient (Wildman–Crippen LogP) is 3.40. The largest absolute Gasteiger partial charge is 0.492 e. The number of furan rings is 1. The molecule has 0 amide bonds. The first-order chi connectivity index (χ1) is 13.7. The molecule has 148 valence electrons. The van der Waals surface area contributed by atoms with Crippen LogP contribution < -0.4 is 4.74 Å². The van der Waals surface area contributed by atoms with E-state index < -0.39 is 0 Å². The van der Waals surface area contributed by atoms with Gasteiger partial charge in [-0.1, -0.05) is 6.07 Å². The number of benzene rings is 2. The summed E-state index contributed by atoms with van der Waals surface area (Å²) in [6.45, 7) is 7.24. The number of ether oxygens (including phenoxy) is 3. The molecule has 2 aromatic carbocycles. The molecule has 28 heavy (non-hydrogen) atoms. The number of rotatable bonds is 7. The summed E-state index contributed by atoms with van der Waals surface area (Å²) in [7, 11) is 0. The maximum absolute atomic E-state index is 11.9. The minimum Gasteiger partial charge on any atom is -0.492 e. The Morgan fingerprint density at radius 1 is 1.18 bits per heavy atom. The van der Waals surface area contributed by atoms with Crippen molar-refractivity contribution in [3.05, 3.63) is 42.2 Å². The van der Waals surface area contributed by atoms with Crippen LogP contribution in [0.2, 0.25) is 0 Å². The monoisotopic (exact) mass is 383 g/mol. The van der Waals surface area contributed by atoms with Gasteiger partial charge in [0, 0.05) is 30.6 Å². The fraction of sp³-hybridized carbons (Fsp3) is 0.409. The van der Waals surface area contributed by atoms with Gasteiger partial charge in [-0.15, -0.1) is 0 Å². The molecule has 1 saturated heterocycles. The number of hydrogen-bond donors (Lipinski definition) is 0. The summed E-state index contributed by atoms with van der Waals surface area (Å²) >= 11 is 0. The second-order valence-corrected chi connectivity index (χ2v) is 6.87. The van der Waals surface area contributed by atoms with E-state index in [1.165, 1.54) is 0 Å². The standard InChI is InChI=1S/C22H25NO5/c1-2-26-21(24)14-17-15-28-20-6-3-16-13-18(4-5-19(16)22(17)20)27-12-9-23-7-10-25-11-8-23/h3-6,13,15H,2,7-12,14H2,1H3. The van der Waals surface area contributed by atoms with E-state index in [0.29, 0.717) is 13.2 Å². The lowest BCUT2D eigenvalue weighted by atomic mass is 10.0. The highest BCUT2D eigenvalue weighted by Crippen LogP contribution is 2.32. The van der Waals surface area contributed by atoms with Crippen LogP contribution >= 0.6 is 0 Å². The van der Waals surface area contributed by atoms with Crippen LogP contribution in [0.4, 0.5) is 0 Å². The highest BCUT2D eigenvalue weighted by Gasteiger charge is 2.14. The number of carbonyl (C=O) groups excluding carboxylic acids is 1. The van der Waals surface area contributed by atoms with Crippen molar-refractivity contribution < 1.29 is 23.4 Å². The SMILES string of the molecule is CCOC(=O)Cc1coc2ccc3cc(OCCN4CCOCC4)ccc3c12. The van der Waals surface area contributed by atoms with E-state index in [9.17, 15) is 4.79 Å². The molecule has 1 aliphatic rings. The van der Waals surface area contributed by atoms with Gasteiger partial charge in [-0.2, -0.15) is 0 Å². The number of esters is 1. The van der Waals surface area contributed by atoms with Crippen LogP contribution in [0.5, 0.6) is 5.75 Å². The minimum absolute atomic E-state index is 0.206. The van der Waals surface area contributed by atoms with E-state index in [1.54, 1.807) is 13.2 Å². The Hall–Kier alpha value is -2.57. The summed E-state index contributed by atoms with van der Waals surface area (Å²) in [6, 6.07) is 10.00. The molecule has 0 N–H and O–H groups in total. The van der Waals surface area contributed by atoms with E-state index in [4.69, 9.17) is 18.6 Å². The van der Waals surface area contributed by atoms with Crippen LogP contribution in [-0.2, 0) is 20.7 Å². The topological polar surface area (TPSA) is 61.1 Å². The van der Waals surface area contributed by atoms with Crippen LogP contribution in [0.3, 0.4) is 0 Å².